The quantitative estimate of drug-likeness (QED) is 0.896. The maximum atomic E-state index is 12.0. The Kier molecular flexibility index (Phi) is 4.64. The highest BCUT2D eigenvalue weighted by Gasteiger charge is 2.40. The topological polar surface area (TPSA) is 67.6 Å². The zero-order valence-electron chi connectivity index (χ0n) is 13.4. The molecule has 0 unspecified atom stereocenters. The summed E-state index contributed by atoms with van der Waals surface area (Å²) in [5.41, 5.74) is 2.16. The van der Waals surface area contributed by atoms with E-state index < -0.39 is 0 Å². The van der Waals surface area contributed by atoms with Crippen molar-refractivity contribution in [1.82, 2.24) is 15.2 Å². The van der Waals surface area contributed by atoms with Gasteiger partial charge in [-0.2, -0.15) is 0 Å². The normalized spacial score (nSPS) is 27.1. The Labute approximate surface area is 144 Å². The molecule has 2 aromatic rings. The number of likely N-dealkylation sites (tertiary alicyclic amines) is 1. The third-order valence-corrected chi connectivity index (χ3v) is 5.55. The van der Waals surface area contributed by atoms with Crippen molar-refractivity contribution in [2.24, 2.45) is 11.8 Å². The lowest BCUT2D eigenvalue weighted by molar-refractivity contribution is 0.0738. The largest absolute Gasteiger partial charge is 0.468 e. The number of amides is 1. The van der Waals surface area contributed by atoms with Crippen LogP contribution in [-0.4, -0.2) is 48.1 Å². The molecule has 4 rings (SSSR count). The maximum absolute atomic E-state index is 12.0. The number of nitrogens with one attached hydrogen (secondary N) is 1. The number of piperidine rings is 1. The third-order valence-electron chi connectivity index (χ3n) is 4.97. The number of furan rings is 1. The lowest BCUT2D eigenvalue weighted by atomic mass is 9.84. The van der Waals surface area contributed by atoms with Crippen LogP contribution < -0.4 is 5.32 Å². The van der Waals surface area contributed by atoms with E-state index in [9.17, 15) is 4.79 Å². The van der Waals surface area contributed by atoms with E-state index in [2.05, 4.69) is 15.2 Å². The lowest BCUT2D eigenvalue weighted by Gasteiger charge is -2.35. The van der Waals surface area contributed by atoms with E-state index >= 15 is 0 Å². The van der Waals surface area contributed by atoms with E-state index in [1.54, 1.807) is 17.2 Å². The average Bonchev–Trinajstić information content (AvgIpc) is 3.34. The van der Waals surface area contributed by atoms with Gasteiger partial charge in [-0.25, -0.2) is 4.98 Å². The summed E-state index contributed by atoms with van der Waals surface area (Å²) in [6.45, 7) is 4.28. The number of rotatable bonds is 5. The molecule has 4 heterocycles. The average molecular weight is 347 g/mol. The van der Waals surface area contributed by atoms with Gasteiger partial charge in [-0.15, -0.1) is 11.3 Å². The zero-order chi connectivity index (χ0) is 16.4. The molecule has 2 fully saturated rings. The van der Waals surface area contributed by atoms with Crippen LogP contribution in [0, 0.1) is 11.8 Å². The van der Waals surface area contributed by atoms with Crippen molar-refractivity contribution in [3.8, 4) is 0 Å². The zero-order valence-corrected chi connectivity index (χ0v) is 14.2. The van der Waals surface area contributed by atoms with Gasteiger partial charge in [-0.05, 0) is 31.0 Å². The predicted octanol–water partition coefficient (Wildman–Crippen LogP) is 2.00. The summed E-state index contributed by atoms with van der Waals surface area (Å²) >= 11 is 1.43. The molecular formula is C17H21N3O3S. The summed E-state index contributed by atoms with van der Waals surface area (Å²) in [7, 11) is 0. The van der Waals surface area contributed by atoms with E-state index in [0.29, 0.717) is 24.1 Å². The van der Waals surface area contributed by atoms with Crippen molar-refractivity contribution < 1.29 is 13.9 Å². The standard InChI is InChI=1S/C17H21N3O3S/c21-17(15-10-24-11-19-15)18-6-16-14-3-4-20(7-12(14)9-23-16)8-13-2-1-5-22-13/h1-2,5,10-12,14,16H,3-4,6-9H2,(H,18,21)/t12-,14-,16+/m0/s1. The molecular weight excluding hydrogens is 326 g/mol. The van der Waals surface area contributed by atoms with Crippen LogP contribution in [0.15, 0.2) is 33.7 Å². The number of nitrogens with zero attached hydrogens (tertiary/aromatic N) is 2. The van der Waals surface area contributed by atoms with Gasteiger partial charge >= 0.3 is 0 Å². The lowest BCUT2D eigenvalue weighted by Crippen LogP contribution is -2.43. The number of carbonyl (C=O) groups excluding carboxylic acids is 1. The molecule has 1 N–H and O–H groups in total. The minimum Gasteiger partial charge on any atom is -0.468 e. The highest BCUT2D eigenvalue weighted by atomic mass is 32.1. The van der Waals surface area contributed by atoms with Crippen molar-refractivity contribution in [1.29, 1.82) is 0 Å². The summed E-state index contributed by atoms with van der Waals surface area (Å²) in [6, 6.07) is 3.95. The van der Waals surface area contributed by atoms with Crippen molar-refractivity contribution in [2.45, 2.75) is 19.1 Å². The van der Waals surface area contributed by atoms with Crippen LogP contribution in [0.5, 0.6) is 0 Å². The van der Waals surface area contributed by atoms with E-state index in [4.69, 9.17) is 9.15 Å². The smallest absolute Gasteiger partial charge is 0.270 e. The molecule has 1 amide bonds. The molecule has 0 aromatic carbocycles. The second-order valence-corrected chi connectivity index (χ2v) is 7.20. The molecule has 128 valence electrons. The van der Waals surface area contributed by atoms with E-state index in [-0.39, 0.29) is 12.0 Å². The van der Waals surface area contributed by atoms with E-state index in [1.807, 2.05) is 12.1 Å². The van der Waals surface area contributed by atoms with Crippen LogP contribution in [0.4, 0.5) is 0 Å². The fraction of sp³-hybridized carbons (Fsp3) is 0.529. The summed E-state index contributed by atoms with van der Waals surface area (Å²) in [4.78, 5) is 18.5. The van der Waals surface area contributed by atoms with Gasteiger partial charge in [-0.3, -0.25) is 9.69 Å². The van der Waals surface area contributed by atoms with Crippen molar-refractivity contribution in [3.05, 3.63) is 40.7 Å². The van der Waals surface area contributed by atoms with Gasteiger partial charge in [0.1, 0.15) is 11.5 Å². The van der Waals surface area contributed by atoms with E-state index in [1.165, 1.54) is 11.3 Å². The van der Waals surface area contributed by atoms with Gasteiger partial charge in [0, 0.05) is 24.4 Å². The van der Waals surface area contributed by atoms with Crippen LogP contribution in [0.1, 0.15) is 22.7 Å². The van der Waals surface area contributed by atoms with Crippen LogP contribution in [-0.2, 0) is 11.3 Å². The van der Waals surface area contributed by atoms with Crippen LogP contribution in [0.2, 0.25) is 0 Å². The van der Waals surface area contributed by atoms with Crippen LogP contribution >= 0.6 is 11.3 Å². The second-order valence-electron chi connectivity index (χ2n) is 6.48. The summed E-state index contributed by atoms with van der Waals surface area (Å²) in [6.07, 6.45) is 2.94. The minimum atomic E-state index is -0.112. The molecule has 0 radical (unpaired) electrons. The molecule has 2 saturated heterocycles. The Hall–Kier alpha value is -1.70. The molecule has 0 saturated carbocycles. The minimum absolute atomic E-state index is 0.112. The Morgan fingerprint density at radius 1 is 1.50 bits per heavy atom. The Balaban J connectivity index is 1.28. The van der Waals surface area contributed by atoms with Crippen LogP contribution in [0.25, 0.3) is 0 Å². The van der Waals surface area contributed by atoms with Crippen molar-refractivity contribution in [2.75, 3.05) is 26.2 Å². The molecule has 0 bridgehead atoms. The predicted molar refractivity (Wildman–Crippen MR) is 89.8 cm³/mol. The molecule has 0 spiro atoms. The van der Waals surface area contributed by atoms with E-state index in [0.717, 1.165) is 38.4 Å². The molecule has 2 aliphatic rings. The maximum Gasteiger partial charge on any atom is 0.270 e. The summed E-state index contributed by atoms with van der Waals surface area (Å²) < 4.78 is 11.4. The van der Waals surface area contributed by atoms with Gasteiger partial charge in [0.05, 0.1) is 31.0 Å². The van der Waals surface area contributed by atoms with Gasteiger partial charge < -0.3 is 14.5 Å². The number of ether oxygens (including phenoxy) is 1. The molecule has 7 heteroatoms. The fourth-order valence-corrected chi connectivity index (χ4v) is 4.28. The van der Waals surface area contributed by atoms with Gasteiger partial charge in [0.2, 0.25) is 0 Å². The number of hydrogen-bond donors (Lipinski definition) is 1. The number of carbonyl (C=O) groups is 1. The van der Waals surface area contributed by atoms with Crippen LogP contribution in [0.3, 0.4) is 0 Å². The highest BCUT2D eigenvalue weighted by molar-refractivity contribution is 7.07. The first-order valence-electron chi connectivity index (χ1n) is 8.32. The van der Waals surface area contributed by atoms with Gasteiger partial charge in [-0.1, -0.05) is 0 Å². The molecule has 3 atom stereocenters. The molecule has 24 heavy (non-hydrogen) atoms. The van der Waals surface area contributed by atoms with Crippen molar-refractivity contribution in [3.63, 3.8) is 0 Å². The fourth-order valence-electron chi connectivity index (χ4n) is 3.75. The summed E-state index contributed by atoms with van der Waals surface area (Å²) in [5, 5.41) is 4.72. The third kappa shape index (κ3) is 3.38. The number of aromatic nitrogens is 1. The molecule has 2 aromatic heterocycles. The SMILES string of the molecule is O=C(NC[C@H]1OC[C@@H]2CN(Cc3ccco3)CC[C@@H]21)c1cscn1. The Morgan fingerprint density at radius 2 is 2.46 bits per heavy atom. The van der Waals surface area contributed by atoms with Crippen molar-refractivity contribution >= 4 is 17.2 Å². The number of fused-ring (bicyclic) bond motifs is 1. The van der Waals surface area contributed by atoms with Gasteiger partial charge in [0.25, 0.3) is 5.91 Å². The van der Waals surface area contributed by atoms with Gasteiger partial charge in [0.15, 0.2) is 0 Å². The molecule has 0 aliphatic carbocycles. The highest BCUT2D eigenvalue weighted by Crippen LogP contribution is 2.34. The molecule has 2 aliphatic heterocycles. The summed E-state index contributed by atoms with van der Waals surface area (Å²) in [5.74, 6) is 1.96. The number of hydrogen-bond acceptors (Lipinski definition) is 6. The first kappa shape index (κ1) is 15.8. The number of thiazole rings is 1. The Morgan fingerprint density at radius 3 is 3.25 bits per heavy atom. The Bertz CT molecular complexity index is 659. The first-order valence-corrected chi connectivity index (χ1v) is 9.26. The first-order chi connectivity index (χ1) is 11.8. The molecule has 6 nitrogen and oxygen atoms in total. The monoisotopic (exact) mass is 347 g/mol. The second kappa shape index (κ2) is 7.04.